The van der Waals surface area contributed by atoms with Crippen molar-refractivity contribution in [2.45, 2.75) is 37.8 Å². The molecule has 2 fully saturated rings. The highest BCUT2D eigenvalue weighted by atomic mass is 16.5. The van der Waals surface area contributed by atoms with Crippen molar-refractivity contribution < 1.29 is 9.47 Å². The van der Waals surface area contributed by atoms with E-state index in [2.05, 4.69) is 64.8 Å². The van der Waals surface area contributed by atoms with Gasteiger partial charge in [0.05, 0.1) is 6.61 Å². The Morgan fingerprint density at radius 3 is 2.61 bits per heavy atom. The Morgan fingerprint density at radius 2 is 1.96 bits per heavy atom. The van der Waals surface area contributed by atoms with Gasteiger partial charge in [-0.2, -0.15) is 0 Å². The maximum atomic E-state index is 5.66. The van der Waals surface area contributed by atoms with E-state index in [0.29, 0.717) is 5.92 Å². The van der Waals surface area contributed by atoms with Crippen LogP contribution < -0.4 is 10.6 Å². The molecule has 3 rings (SSSR count). The van der Waals surface area contributed by atoms with Gasteiger partial charge in [-0.3, -0.25) is 4.99 Å². The summed E-state index contributed by atoms with van der Waals surface area (Å²) < 4.78 is 11.2. The molecule has 2 heterocycles. The molecule has 2 unspecified atom stereocenters. The predicted octanol–water partition coefficient (Wildman–Crippen LogP) is 2.43. The SMILES string of the molecule is CN=C(NCC1(NC(C)c2ccccc2)CCOCC1)N(C)CC1CCOC1. The highest BCUT2D eigenvalue weighted by Gasteiger charge is 2.34. The summed E-state index contributed by atoms with van der Waals surface area (Å²) in [7, 11) is 3.98. The number of hydrogen-bond acceptors (Lipinski definition) is 4. The van der Waals surface area contributed by atoms with Gasteiger partial charge >= 0.3 is 0 Å². The van der Waals surface area contributed by atoms with E-state index in [9.17, 15) is 0 Å². The van der Waals surface area contributed by atoms with Crippen LogP contribution in [0, 0.1) is 5.92 Å². The average molecular weight is 389 g/mol. The molecule has 2 atom stereocenters. The number of rotatable bonds is 7. The summed E-state index contributed by atoms with van der Waals surface area (Å²) in [5.74, 6) is 1.55. The average Bonchev–Trinajstić information content (AvgIpc) is 3.23. The molecule has 0 spiro atoms. The molecular weight excluding hydrogens is 352 g/mol. The third kappa shape index (κ3) is 5.69. The molecule has 0 bridgehead atoms. The van der Waals surface area contributed by atoms with Gasteiger partial charge in [0.15, 0.2) is 5.96 Å². The molecule has 0 saturated carbocycles. The maximum Gasteiger partial charge on any atom is 0.193 e. The minimum Gasteiger partial charge on any atom is -0.381 e. The van der Waals surface area contributed by atoms with Gasteiger partial charge in [-0.15, -0.1) is 0 Å². The van der Waals surface area contributed by atoms with Crippen molar-refractivity contribution in [3.8, 4) is 0 Å². The number of benzene rings is 1. The van der Waals surface area contributed by atoms with E-state index in [1.54, 1.807) is 0 Å². The zero-order valence-electron chi connectivity index (χ0n) is 17.6. The lowest BCUT2D eigenvalue weighted by Crippen LogP contribution is -2.58. The van der Waals surface area contributed by atoms with Crippen molar-refractivity contribution >= 4 is 5.96 Å². The van der Waals surface area contributed by atoms with Gasteiger partial charge in [-0.1, -0.05) is 30.3 Å². The smallest absolute Gasteiger partial charge is 0.193 e. The Morgan fingerprint density at radius 1 is 1.21 bits per heavy atom. The summed E-state index contributed by atoms with van der Waals surface area (Å²) in [5, 5.41) is 7.53. The van der Waals surface area contributed by atoms with Gasteiger partial charge in [-0.05, 0) is 31.7 Å². The molecule has 1 aromatic rings. The number of guanidine groups is 1. The largest absolute Gasteiger partial charge is 0.381 e. The topological polar surface area (TPSA) is 58.1 Å². The van der Waals surface area contributed by atoms with Crippen molar-refractivity contribution in [1.29, 1.82) is 0 Å². The number of nitrogens with one attached hydrogen (secondary N) is 2. The summed E-state index contributed by atoms with van der Waals surface area (Å²) in [4.78, 5) is 6.74. The summed E-state index contributed by atoms with van der Waals surface area (Å²) in [6.07, 6.45) is 3.13. The fourth-order valence-electron chi connectivity index (χ4n) is 4.25. The van der Waals surface area contributed by atoms with E-state index in [-0.39, 0.29) is 11.6 Å². The second-order valence-electron chi connectivity index (χ2n) is 8.18. The minimum atomic E-state index is 0.000752. The van der Waals surface area contributed by atoms with Gasteiger partial charge in [-0.25, -0.2) is 0 Å². The van der Waals surface area contributed by atoms with Crippen LogP contribution in [0.25, 0.3) is 0 Å². The Kier molecular flexibility index (Phi) is 7.71. The second-order valence-corrected chi connectivity index (χ2v) is 8.18. The van der Waals surface area contributed by atoms with Gasteiger partial charge in [0, 0.05) is 64.5 Å². The standard InChI is InChI=1S/C22H36N4O2/c1-18(20-7-5-4-6-8-20)25-22(10-13-27-14-11-22)17-24-21(23-2)26(3)15-19-9-12-28-16-19/h4-8,18-19,25H,9-17H2,1-3H3,(H,23,24). The molecule has 6 nitrogen and oxygen atoms in total. The van der Waals surface area contributed by atoms with E-state index in [1.165, 1.54) is 5.56 Å². The molecule has 0 aliphatic carbocycles. The van der Waals surface area contributed by atoms with Crippen LogP contribution in [0.4, 0.5) is 0 Å². The second kappa shape index (κ2) is 10.2. The van der Waals surface area contributed by atoms with Crippen LogP contribution in [0.3, 0.4) is 0 Å². The van der Waals surface area contributed by atoms with Crippen LogP contribution in [-0.4, -0.2) is 70.0 Å². The van der Waals surface area contributed by atoms with Crippen LogP contribution in [0.1, 0.15) is 37.8 Å². The molecule has 0 amide bonds. The van der Waals surface area contributed by atoms with E-state index in [1.807, 2.05) is 7.05 Å². The Bertz CT molecular complexity index is 610. The quantitative estimate of drug-likeness (QED) is 0.555. The number of hydrogen-bond donors (Lipinski definition) is 2. The monoisotopic (exact) mass is 388 g/mol. The first-order valence-electron chi connectivity index (χ1n) is 10.5. The molecule has 2 aliphatic rings. The summed E-state index contributed by atoms with van der Waals surface area (Å²) in [6.45, 7) is 7.39. The van der Waals surface area contributed by atoms with Crippen molar-refractivity contribution in [2.24, 2.45) is 10.9 Å². The Balaban J connectivity index is 1.61. The lowest BCUT2D eigenvalue weighted by molar-refractivity contribution is 0.0352. The van der Waals surface area contributed by atoms with Gasteiger partial charge < -0.3 is 25.0 Å². The molecule has 0 radical (unpaired) electrons. The molecular formula is C22H36N4O2. The third-order valence-corrected chi connectivity index (χ3v) is 5.99. The van der Waals surface area contributed by atoms with Gasteiger partial charge in [0.2, 0.25) is 0 Å². The van der Waals surface area contributed by atoms with Gasteiger partial charge in [0.25, 0.3) is 0 Å². The normalized spacial score (nSPS) is 23.4. The zero-order valence-corrected chi connectivity index (χ0v) is 17.6. The summed E-state index contributed by atoms with van der Waals surface area (Å²) in [6, 6.07) is 10.9. The van der Waals surface area contributed by atoms with Crippen molar-refractivity contribution in [2.75, 3.05) is 53.6 Å². The molecule has 6 heteroatoms. The van der Waals surface area contributed by atoms with E-state index >= 15 is 0 Å². The molecule has 1 aromatic carbocycles. The van der Waals surface area contributed by atoms with E-state index in [4.69, 9.17) is 9.47 Å². The molecule has 2 N–H and O–H groups in total. The Labute approximate surface area is 169 Å². The predicted molar refractivity (Wildman–Crippen MR) is 114 cm³/mol. The fourth-order valence-corrected chi connectivity index (χ4v) is 4.25. The first-order valence-corrected chi connectivity index (χ1v) is 10.5. The number of ether oxygens (including phenoxy) is 2. The zero-order chi connectivity index (χ0) is 19.8. The molecule has 2 saturated heterocycles. The first kappa shape index (κ1) is 21.1. The highest BCUT2D eigenvalue weighted by Crippen LogP contribution is 2.25. The van der Waals surface area contributed by atoms with E-state index in [0.717, 1.165) is 64.7 Å². The molecule has 0 aromatic heterocycles. The number of nitrogens with zero attached hydrogens (tertiary/aromatic N) is 2. The summed E-state index contributed by atoms with van der Waals surface area (Å²) in [5.41, 5.74) is 1.32. The van der Waals surface area contributed by atoms with Crippen LogP contribution >= 0.6 is 0 Å². The number of aliphatic imine (C=N–C) groups is 1. The van der Waals surface area contributed by atoms with Crippen LogP contribution in [0.15, 0.2) is 35.3 Å². The summed E-state index contributed by atoms with van der Waals surface area (Å²) >= 11 is 0. The lowest BCUT2D eigenvalue weighted by Gasteiger charge is -2.41. The molecule has 28 heavy (non-hydrogen) atoms. The fraction of sp³-hybridized carbons (Fsp3) is 0.682. The molecule has 156 valence electrons. The maximum absolute atomic E-state index is 5.66. The van der Waals surface area contributed by atoms with Gasteiger partial charge in [0.1, 0.15) is 0 Å². The van der Waals surface area contributed by atoms with Crippen molar-refractivity contribution in [3.05, 3.63) is 35.9 Å². The first-order chi connectivity index (χ1) is 13.6. The van der Waals surface area contributed by atoms with Crippen LogP contribution in [0.2, 0.25) is 0 Å². The lowest BCUT2D eigenvalue weighted by atomic mass is 9.88. The van der Waals surface area contributed by atoms with Crippen molar-refractivity contribution in [3.63, 3.8) is 0 Å². The van der Waals surface area contributed by atoms with Crippen LogP contribution in [-0.2, 0) is 9.47 Å². The molecule has 2 aliphatic heterocycles. The van der Waals surface area contributed by atoms with Crippen molar-refractivity contribution in [1.82, 2.24) is 15.5 Å². The van der Waals surface area contributed by atoms with E-state index < -0.39 is 0 Å². The highest BCUT2D eigenvalue weighted by molar-refractivity contribution is 5.79. The minimum absolute atomic E-state index is 0.000752. The van der Waals surface area contributed by atoms with Crippen LogP contribution in [0.5, 0.6) is 0 Å². The third-order valence-electron chi connectivity index (χ3n) is 5.99. The Hall–Kier alpha value is -1.63.